The minimum atomic E-state index is -1.72. The number of carbonyl (C=O) groups excluding carboxylic acids is 2. The van der Waals surface area contributed by atoms with Gasteiger partial charge in [0.25, 0.3) is 5.91 Å². The molecule has 0 aliphatic carbocycles. The maximum atomic E-state index is 13.5. The molecule has 0 bridgehead atoms. The molecule has 2 rings (SSSR count). The van der Waals surface area contributed by atoms with Gasteiger partial charge in [-0.1, -0.05) is 0 Å². The second kappa shape index (κ2) is 8.93. The molecule has 0 aliphatic heterocycles. The van der Waals surface area contributed by atoms with E-state index in [0.717, 1.165) is 6.07 Å². The number of methoxy groups -OCH3 is 1. The van der Waals surface area contributed by atoms with Crippen LogP contribution in [0.1, 0.15) is 17.3 Å². The van der Waals surface area contributed by atoms with Crippen LogP contribution in [0.5, 0.6) is 11.5 Å². The van der Waals surface area contributed by atoms with Crippen LogP contribution in [-0.2, 0) is 9.53 Å². The molecule has 9 heteroatoms. The molecule has 0 radical (unpaired) electrons. The molecular weight excluding hydrogens is 367 g/mol. The number of carbonyl (C=O) groups is 2. The Morgan fingerprint density at radius 1 is 1.04 bits per heavy atom. The number of rotatable bonds is 7. The SMILES string of the molecule is CCOc1cc(C(=O)OCC(=O)Nc2ccc(F)c(F)c2F)ccc1OC. The second-order valence-electron chi connectivity index (χ2n) is 5.15. The number of esters is 1. The van der Waals surface area contributed by atoms with Crippen molar-refractivity contribution in [2.24, 2.45) is 0 Å². The molecule has 0 saturated heterocycles. The monoisotopic (exact) mass is 383 g/mol. The van der Waals surface area contributed by atoms with E-state index >= 15 is 0 Å². The van der Waals surface area contributed by atoms with Crippen LogP contribution in [0, 0.1) is 17.5 Å². The average Bonchev–Trinajstić information content (AvgIpc) is 2.66. The van der Waals surface area contributed by atoms with Gasteiger partial charge in [0.15, 0.2) is 35.6 Å². The first-order valence-electron chi connectivity index (χ1n) is 7.78. The number of ether oxygens (including phenoxy) is 3. The van der Waals surface area contributed by atoms with E-state index in [9.17, 15) is 22.8 Å². The molecule has 0 aromatic heterocycles. The number of anilines is 1. The van der Waals surface area contributed by atoms with Crippen molar-refractivity contribution in [2.45, 2.75) is 6.92 Å². The van der Waals surface area contributed by atoms with Crippen molar-refractivity contribution >= 4 is 17.6 Å². The maximum Gasteiger partial charge on any atom is 0.338 e. The van der Waals surface area contributed by atoms with Crippen molar-refractivity contribution in [1.29, 1.82) is 0 Å². The molecule has 2 aromatic carbocycles. The zero-order valence-electron chi connectivity index (χ0n) is 14.5. The van der Waals surface area contributed by atoms with Gasteiger partial charge in [0.05, 0.1) is 25.0 Å². The summed E-state index contributed by atoms with van der Waals surface area (Å²) in [5.74, 6) is -5.67. The normalized spacial score (nSPS) is 10.3. The van der Waals surface area contributed by atoms with Crippen LogP contribution < -0.4 is 14.8 Å². The third-order valence-corrected chi connectivity index (χ3v) is 3.34. The van der Waals surface area contributed by atoms with Crippen molar-refractivity contribution in [2.75, 3.05) is 25.6 Å². The Morgan fingerprint density at radius 2 is 1.78 bits per heavy atom. The van der Waals surface area contributed by atoms with E-state index in [0.29, 0.717) is 24.2 Å². The fourth-order valence-corrected chi connectivity index (χ4v) is 2.10. The molecule has 0 fully saturated rings. The quantitative estimate of drug-likeness (QED) is 0.587. The summed E-state index contributed by atoms with van der Waals surface area (Å²) in [7, 11) is 1.44. The van der Waals surface area contributed by atoms with E-state index in [4.69, 9.17) is 14.2 Å². The smallest absolute Gasteiger partial charge is 0.338 e. The summed E-state index contributed by atoms with van der Waals surface area (Å²) < 4.78 is 54.8. The van der Waals surface area contributed by atoms with Gasteiger partial charge in [0.2, 0.25) is 0 Å². The highest BCUT2D eigenvalue weighted by Gasteiger charge is 2.17. The maximum absolute atomic E-state index is 13.5. The van der Waals surface area contributed by atoms with Crippen molar-refractivity contribution in [3.05, 3.63) is 53.3 Å². The molecule has 0 unspecified atom stereocenters. The Bertz CT molecular complexity index is 857. The number of halogens is 3. The summed E-state index contributed by atoms with van der Waals surface area (Å²) in [5.41, 5.74) is -0.468. The largest absolute Gasteiger partial charge is 0.493 e. The van der Waals surface area contributed by atoms with Gasteiger partial charge in [-0.15, -0.1) is 0 Å². The number of benzene rings is 2. The van der Waals surface area contributed by atoms with Gasteiger partial charge >= 0.3 is 5.97 Å². The molecule has 0 atom stereocenters. The first-order chi connectivity index (χ1) is 12.9. The summed E-state index contributed by atoms with van der Waals surface area (Å²) in [6.45, 7) is 1.34. The topological polar surface area (TPSA) is 73.9 Å². The number of amides is 1. The van der Waals surface area contributed by atoms with E-state index in [1.54, 1.807) is 6.92 Å². The van der Waals surface area contributed by atoms with Crippen LogP contribution in [0.3, 0.4) is 0 Å². The molecular formula is C18H16F3NO5. The highest BCUT2D eigenvalue weighted by Crippen LogP contribution is 2.28. The molecule has 0 aliphatic rings. The first kappa shape index (κ1) is 20.1. The Hall–Kier alpha value is -3.23. The van der Waals surface area contributed by atoms with Gasteiger partial charge in [-0.25, -0.2) is 18.0 Å². The average molecular weight is 383 g/mol. The highest BCUT2D eigenvalue weighted by molar-refractivity contribution is 5.95. The van der Waals surface area contributed by atoms with E-state index in [1.807, 2.05) is 5.32 Å². The van der Waals surface area contributed by atoms with Gasteiger partial charge in [-0.2, -0.15) is 0 Å². The van der Waals surface area contributed by atoms with Crippen molar-refractivity contribution in [1.82, 2.24) is 0 Å². The fourth-order valence-electron chi connectivity index (χ4n) is 2.10. The zero-order chi connectivity index (χ0) is 20.0. The lowest BCUT2D eigenvalue weighted by molar-refractivity contribution is -0.119. The van der Waals surface area contributed by atoms with E-state index in [-0.39, 0.29) is 5.56 Å². The third kappa shape index (κ3) is 4.90. The van der Waals surface area contributed by atoms with Crippen molar-refractivity contribution in [3.8, 4) is 11.5 Å². The Kier molecular flexibility index (Phi) is 6.64. The zero-order valence-corrected chi connectivity index (χ0v) is 14.5. The summed E-state index contributed by atoms with van der Waals surface area (Å²) in [5, 5.41) is 1.99. The van der Waals surface area contributed by atoms with Crippen LogP contribution >= 0.6 is 0 Å². The molecule has 6 nitrogen and oxygen atoms in total. The lowest BCUT2D eigenvalue weighted by Gasteiger charge is -2.11. The van der Waals surface area contributed by atoms with Gasteiger partial charge in [0, 0.05) is 0 Å². The Morgan fingerprint density at radius 3 is 2.44 bits per heavy atom. The van der Waals surface area contributed by atoms with Gasteiger partial charge < -0.3 is 19.5 Å². The van der Waals surface area contributed by atoms with Gasteiger partial charge in [-0.3, -0.25) is 4.79 Å². The molecule has 2 aromatic rings. The van der Waals surface area contributed by atoms with Crippen molar-refractivity contribution in [3.63, 3.8) is 0 Å². The number of nitrogens with one attached hydrogen (secondary N) is 1. The predicted octanol–water partition coefficient (Wildman–Crippen LogP) is 3.31. The van der Waals surface area contributed by atoms with E-state index in [1.165, 1.54) is 25.3 Å². The van der Waals surface area contributed by atoms with E-state index in [2.05, 4.69) is 0 Å². The fraction of sp³-hybridized carbons (Fsp3) is 0.222. The van der Waals surface area contributed by atoms with Gasteiger partial charge in [-0.05, 0) is 37.3 Å². The number of hydrogen-bond donors (Lipinski definition) is 1. The Labute approximate surface area is 152 Å². The van der Waals surface area contributed by atoms with Crippen molar-refractivity contribution < 1.29 is 37.0 Å². The molecule has 1 N–H and O–H groups in total. The molecule has 1 amide bonds. The minimum Gasteiger partial charge on any atom is -0.493 e. The minimum absolute atomic E-state index is 0.103. The molecule has 0 spiro atoms. The van der Waals surface area contributed by atoms with Crippen LogP contribution in [0.15, 0.2) is 30.3 Å². The predicted molar refractivity (Wildman–Crippen MR) is 89.4 cm³/mol. The summed E-state index contributed by atoms with van der Waals surface area (Å²) >= 11 is 0. The molecule has 27 heavy (non-hydrogen) atoms. The van der Waals surface area contributed by atoms with Gasteiger partial charge in [0.1, 0.15) is 0 Å². The summed E-state index contributed by atoms with van der Waals surface area (Å²) in [4.78, 5) is 23.8. The van der Waals surface area contributed by atoms with Crippen LogP contribution in [0.25, 0.3) is 0 Å². The lowest BCUT2D eigenvalue weighted by atomic mass is 10.2. The second-order valence-corrected chi connectivity index (χ2v) is 5.15. The van der Waals surface area contributed by atoms with Crippen LogP contribution in [0.2, 0.25) is 0 Å². The van der Waals surface area contributed by atoms with Crippen LogP contribution in [-0.4, -0.2) is 32.2 Å². The highest BCUT2D eigenvalue weighted by atomic mass is 19.2. The van der Waals surface area contributed by atoms with E-state index < -0.39 is 41.6 Å². The summed E-state index contributed by atoms with van der Waals surface area (Å²) in [6, 6.07) is 5.81. The Balaban J connectivity index is 2.00. The lowest BCUT2D eigenvalue weighted by Crippen LogP contribution is -2.21. The first-order valence-corrected chi connectivity index (χ1v) is 7.78. The number of hydrogen-bond acceptors (Lipinski definition) is 5. The molecule has 0 heterocycles. The molecule has 144 valence electrons. The summed E-state index contributed by atoms with van der Waals surface area (Å²) in [6.07, 6.45) is 0. The van der Waals surface area contributed by atoms with Crippen LogP contribution in [0.4, 0.5) is 18.9 Å². The molecule has 0 saturated carbocycles. The standard InChI is InChI=1S/C18H16F3NO5/c1-3-26-14-8-10(4-7-13(14)25-2)18(24)27-9-15(23)22-12-6-5-11(19)16(20)17(12)21/h4-8H,3,9H2,1-2H3,(H,22,23). The third-order valence-electron chi connectivity index (χ3n) is 3.34.